The van der Waals surface area contributed by atoms with Crippen molar-refractivity contribution in [2.75, 3.05) is 19.7 Å². The lowest BCUT2D eigenvalue weighted by Gasteiger charge is -2.26. The molecule has 170 valence electrons. The minimum atomic E-state index is -1.22. The molecule has 0 bridgehead atoms. The van der Waals surface area contributed by atoms with E-state index in [-0.39, 0.29) is 25.3 Å². The Hall–Kier alpha value is -3.79. The van der Waals surface area contributed by atoms with Gasteiger partial charge in [-0.3, -0.25) is 4.40 Å². The van der Waals surface area contributed by atoms with Gasteiger partial charge in [0.25, 0.3) is 0 Å². The van der Waals surface area contributed by atoms with Crippen molar-refractivity contribution in [3.63, 3.8) is 0 Å². The van der Waals surface area contributed by atoms with E-state index in [4.69, 9.17) is 4.74 Å². The fraction of sp³-hybridized carbons (Fsp3) is 0.304. The number of halogens is 1. The van der Waals surface area contributed by atoms with Crippen molar-refractivity contribution in [2.45, 2.75) is 24.9 Å². The van der Waals surface area contributed by atoms with Gasteiger partial charge in [0.15, 0.2) is 11.5 Å². The number of hydrogen-bond acceptors (Lipinski definition) is 6. The second-order valence-electron chi connectivity index (χ2n) is 8.26. The molecule has 0 saturated carbocycles. The molecule has 1 unspecified atom stereocenters. The molecule has 5 rings (SSSR count). The number of likely N-dealkylation sites (tertiary alicyclic amines) is 1. The van der Waals surface area contributed by atoms with Gasteiger partial charge in [-0.1, -0.05) is 12.1 Å². The van der Waals surface area contributed by atoms with E-state index in [1.807, 2.05) is 24.4 Å². The van der Waals surface area contributed by atoms with Crippen molar-refractivity contribution in [2.24, 2.45) is 0 Å². The molecule has 0 aliphatic carbocycles. The summed E-state index contributed by atoms with van der Waals surface area (Å²) in [6.45, 7) is 0.470. The van der Waals surface area contributed by atoms with E-state index in [0.717, 1.165) is 0 Å². The van der Waals surface area contributed by atoms with Gasteiger partial charge in [0.2, 0.25) is 0 Å². The number of pyridine rings is 2. The summed E-state index contributed by atoms with van der Waals surface area (Å²) in [4.78, 5) is 17.2. The van der Waals surface area contributed by atoms with E-state index in [1.54, 1.807) is 16.5 Å². The molecule has 1 aliphatic rings. The highest BCUT2D eigenvalue weighted by Gasteiger charge is 2.32. The van der Waals surface area contributed by atoms with Crippen LogP contribution in [0.1, 0.15) is 19.3 Å². The van der Waals surface area contributed by atoms with Crippen LogP contribution in [0.25, 0.3) is 28.1 Å². The number of carboxylic acid groups (broad SMARTS) is 1. The number of aliphatic hydroxyl groups is 1. The van der Waals surface area contributed by atoms with Crippen LogP contribution in [0.15, 0.2) is 48.7 Å². The number of benzene rings is 1. The van der Waals surface area contributed by atoms with E-state index in [1.165, 1.54) is 17.0 Å². The molecule has 1 saturated heterocycles. The maximum absolute atomic E-state index is 14.3. The van der Waals surface area contributed by atoms with Crippen molar-refractivity contribution in [3.8, 4) is 17.3 Å². The quantitative estimate of drug-likeness (QED) is 0.489. The van der Waals surface area contributed by atoms with Crippen LogP contribution in [0.4, 0.5) is 9.18 Å². The number of amides is 1. The predicted molar refractivity (Wildman–Crippen MR) is 118 cm³/mol. The summed E-state index contributed by atoms with van der Waals surface area (Å²) < 4.78 is 22.0. The van der Waals surface area contributed by atoms with Crippen LogP contribution in [-0.4, -0.2) is 66.1 Å². The van der Waals surface area contributed by atoms with Gasteiger partial charge in [-0.2, -0.15) is 0 Å². The highest BCUT2D eigenvalue weighted by Crippen LogP contribution is 2.30. The monoisotopic (exact) mass is 451 g/mol. The average Bonchev–Trinajstić information content (AvgIpc) is 3.13. The highest BCUT2D eigenvalue weighted by atomic mass is 19.1. The smallest absolute Gasteiger partial charge is 0.407 e. The van der Waals surface area contributed by atoms with E-state index in [9.17, 15) is 19.4 Å². The first-order valence-corrected chi connectivity index (χ1v) is 10.7. The molecule has 1 atom stereocenters. The van der Waals surface area contributed by atoms with Crippen molar-refractivity contribution < 1.29 is 24.1 Å². The van der Waals surface area contributed by atoms with Crippen molar-refractivity contribution in [1.29, 1.82) is 0 Å². The van der Waals surface area contributed by atoms with E-state index >= 15 is 0 Å². The van der Waals surface area contributed by atoms with Gasteiger partial charge in [-0.05, 0) is 43.5 Å². The highest BCUT2D eigenvalue weighted by molar-refractivity contribution is 5.86. The Morgan fingerprint density at radius 3 is 2.88 bits per heavy atom. The van der Waals surface area contributed by atoms with Crippen molar-refractivity contribution in [3.05, 3.63) is 54.5 Å². The molecule has 4 heterocycles. The Labute approximate surface area is 188 Å². The third-order valence-corrected chi connectivity index (χ3v) is 5.95. The number of hydrogen-bond donors (Lipinski definition) is 2. The number of aromatic nitrogens is 4. The number of nitrogens with zero attached hydrogens (tertiary/aromatic N) is 5. The standard InChI is InChI=1S/C23H22FN5O4/c24-16-12-15-5-6-17(21-27-26-19-4-1-2-10-29(19)21)25-20(15)18(13-16)33-14-23(32)7-3-9-28(11-8-23)22(30)31/h1-2,4-6,10,12-13,32H,3,7-9,11,14H2,(H,30,31). The summed E-state index contributed by atoms with van der Waals surface area (Å²) >= 11 is 0. The molecule has 9 nitrogen and oxygen atoms in total. The molecule has 1 aliphatic heterocycles. The number of carbonyl (C=O) groups is 1. The first kappa shape index (κ1) is 21.1. The van der Waals surface area contributed by atoms with Crippen LogP contribution in [0.2, 0.25) is 0 Å². The SMILES string of the molecule is O=C(O)N1CCCC(O)(COc2cc(F)cc3ccc(-c4nnc5ccccn45)nc23)CC1. The van der Waals surface area contributed by atoms with Crippen LogP contribution in [0.3, 0.4) is 0 Å². The van der Waals surface area contributed by atoms with Crippen LogP contribution in [-0.2, 0) is 0 Å². The Morgan fingerprint density at radius 1 is 1.15 bits per heavy atom. The zero-order chi connectivity index (χ0) is 23.0. The summed E-state index contributed by atoms with van der Waals surface area (Å²) in [5, 5.41) is 29.1. The predicted octanol–water partition coefficient (Wildman–Crippen LogP) is 3.36. The van der Waals surface area contributed by atoms with Crippen LogP contribution >= 0.6 is 0 Å². The van der Waals surface area contributed by atoms with Crippen LogP contribution in [0, 0.1) is 5.82 Å². The molecular formula is C23H22FN5O4. The lowest BCUT2D eigenvalue weighted by molar-refractivity contribution is -0.0160. The Bertz CT molecular complexity index is 1340. The average molecular weight is 451 g/mol. The summed E-state index contributed by atoms with van der Waals surface area (Å²) in [7, 11) is 0. The first-order valence-electron chi connectivity index (χ1n) is 10.7. The zero-order valence-corrected chi connectivity index (χ0v) is 17.7. The fourth-order valence-electron chi connectivity index (χ4n) is 4.14. The molecule has 2 N–H and O–H groups in total. The molecule has 0 spiro atoms. The number of ether oxygens (including phenoxy) is 1. The van der Waals surface area contributed by atoms with Gasteiger partial charge in [-0.15, -0.1) is 10.2 Å². The maximum atomic E-state index is 14.3. The fourth-order valence-corrected chi connectivity index (χ4v) is 4.14. The molecule has 3 aromatic heterocycles. The normalized spacial score (nSPS) is 19.0. The summed E-state index contributed by atoms with van der Waals surface area (Å²) in [6, 6.07) is 11.7. The molecule has 4 aromatic rings. The second kappa shape index (κ2) is 8.28. The number of fused-ring (bicyclic) bond motifs is 2. The third-order valence-electron chi connectivity index (χ3n) is 5.95. The Balaban J connectivity index is 1.45. The molecule has 1 aromatic carbocycles. The van der Waals surface area contributed by atoms with E-state index in [2.05, 4.69) is 15.2 Å². The lowest BCUT2D eigenvalue weighted by atomic mass is 9.96. The van der Waals surface area contributed by atoms with Crippen LogP contribution in [0.5, 0.6) is 5.75 Å². The minimum absolute atomic E-state index is 0.0984. The zero-order valence-electron chi connectivity index (χ0n) is 17.7. The van der Waals surface area contributed by atoms with Crippen molar-refractivity contribution >= 4 is 22.6 Å². The maximum Gasteiger partial charge on any atom is 0.407 e. The first-order chi connectivity index (χ1) is 15.9. The van der Waals surface area contributed by atoms with Crippen LogP contribution < -0.4 is 4.74 Å². The number of rotatable bonds is 4. The van der Waals surface area contributed by atoms with Gasteiger partial charge < -0.3 is 19.8 Å². The van der Waals surface area contributed by atoms with Gasteiger partial charge in [-0.25, -0.2) is 14.2 Å². The van der Waals surface area contributed by atoms with Gasteiger partial charge in [0.1, 0.15) is 35.0 Å². The minimum Gasteiger partial charge on any atom is -0.488 e. The van der Waals surface area contributed by atoms with Gasteiger partial charge >= 0.3 is 6.09 Å². The Kier molecular flexibility index (Phi) is 5.29. The molecule has 33 heavy (non-hydrogen) atoms. The largest absolute Gasteiger partial charge is 0.488 e. The summed E-state index contributed by atoms with van der Waals surface area (Å²) in [6.07, 6.45) is 1.96. The molecule has 10 heteroatoms. The van der Waals surface area contributed by atoms with E-state index in [0.29, 0.717) is 47.5 Å². The molecule has 1 amide bonds. The Morgan fingerprint density at radius 2 is 2.03 bits per heavy atom. The molecular weight excluding hydrogens is 429 g/mol. The lowest BCUT2D eigenvalue weighted by Crippen LogP contribution is -2.38. The van der Waals surface area contributed by atoms with Gasteiger partial charge in [0.05, 0.1) is 0 Å². The molecule has 1 fully saturated rings. The summed E-state index contributed by atoms with van der Waals surface area (Å²) in [5.41, 5.74) is 0.439. The van der Waals surface area contributed by atoms with Gasteiger partial charge in [0, 0.05) is 30.7 Å². The topological polar surface area (TPSA) is 113 Å². The molecule has 0 radical (unpaired) electrons. The summed E-state index contributed by atoms with van der Waals surface area (Å²) in [5.74, 6) is 0.261. The van der Waals surface area contributed by atoms with E-state index < -0.39 is 17.5 Å². The third kappa shape index (κ3) is 4.17. The van der Waals surface area contributed by atoms with Crippen molar-refractivity contribution in [1.82, 2.24) is 24.5 Å². The second-order valence-corrected chi connectivity index (χ2v) is 8.26.